The number of pyridine rings is 3. The Balaban J connectivity index is 1.32. The third kappa shape index (κ3) is 4.87. The average Bonchev–Trinajstić information content (AvgIpc) is 2.99. The van der Waals surface area contributed by atoms with Gasteiger partial charge in [-0.3, -0.25) is 9.97 Å². The summed E-state index contributed by atoms with van der Waals surface area (Å²) < 4.78 is 45.4. The maximum Gasteiger partial charge on any atom is 0.167 e. The van der Waals surface area contributed by atoms with Crippen LogP contribution < -0.4 is 19.5 Å². The number of anilines is 2. The molecule has 0 saturated carbocycles. The number of nitrogens with zero attached hydrogens (tertiary/aromatic N) is 3. The predicted molar refractivity (Wildman–Crippen MR) is 151 cm³/mol. The second kappa shape index (κ2) is 10.6. The molecule has 3 heterocycles. The third-order valence-corrected chi connectivity index (χ3v) is 6.53. The minimum absolute atomic E-state index is 0.00757. The van der Waals surface area contributed by atoms with E-state index >= 15 is 4.39 Å². The molecule has 0 radical (unpaired) electrons. The minimum atomic E-state index is -0.630. The summed E-state index contributed by atoms with van der Waals surface area (Å²) in [5, 5.41) is 15.1. The molecule has 6 rings (SSSR count). The molecule has 0 aliphatic rings. The molecule has 0 unspecified atom stereocenters. The number of aromatic nitrogens is 3. The predicted octanol–water partition coefficient (Wildman–Crippen LogP) is 7.38. The molecule has 0 saturated heterocycles. The van der Waals surface area contributed by atoms with E-state index in [1.165, 1.54) is 50.9 Å². The molecule has 0 atom stereocenters. The Hall–Kier alpha value is -5.51. The molecule has 0 amide bonds. The maximum absolute atomic E-state index is 15.3. The lowest BCUT2D eigenvalue weighted by Gasteiger charge is -2.14. The van der Waals surface area contributed by atoms with Crippen LogP contribution >= 0.6 is 0 Å². The highest BCUT2D eigenvalue weighted by Crippen LogP contribution is 2.40. The van der Waals surface area contributed by atoms with Gasteiger partial charge < -0.3 is 24.6 Å². The normalized spacial score (nSPS) is 11.0. The molecule has 41 heavy (non-hydrogen) atoms. The number of aromatic hydroxyl groups is 1. The van der Waals surface area contributed by atoms with Crippen molar-refractivity contribution in [3.05, 3.63) is 97.0 Å². The van der Waals surface area contributed by atoms with Crippen molar-refractivity contribution in [3.8, 4) is 39.9 Å². The summed E-state index contributed by atoms with van der Waals surface area (Å²) >= 11 is 0. The highest BCUT2D eigenvalue weighted by atomic mass is 19.1. The molecule has 10 heteroatoms. The van der Waals surface area contributed by atoms with Crippen molar-refractivity contribution in [2.45, 2.75) is 0 Å². The van der Waals surface area contributed by atoms with Crippen LogP contribution in [0.2, 0.25) is 0 Å². The largest absolute Gasteiger partial charge is 0.506 e. The first kappa shape index (κ1) is 25.8. The van der Waals surface area contributed by atoms with Crippen molar-refractivity contribution < 1.29 is 28.1 Å². The first-order valence-electron chi connectivity index (χ1n) is 12.4. The number of halogens is 2. The quantitative estimate of drug-likeness (QED) is 0.212. The Morgan fingerprint density at radius 3 is 2.24 bits per heavy atom. The van der Waals surface area contributed by atoms with E-state index in [9.17, 15) is 9.50 Å². The van der Waals surface area contributed by atoms with E-state index in [1.54, 1.807) is 48.7 Å². The number of hydrogen-bond donors (Lipinski definition) is 2. The molecule has 204 valence electrons. The van der Waals surface area contributed by atoms with E-state index in [-0.39, 0.29) is 17.3 Å². The molecule has 3 aromatic carbocycles. The van der Waals surface area contributed by atoms with Crippen LogP contribution in [0, 0.1) is 11.6 Å². The van der Waals surface area contributed by atoms with Gasteiger partial charge in [-0.15, -0.1) is 0 Å². The summed E-state index contributed by atoms with van der Waals surface area (Å²) in [7, 11) is 3.06. The van der Waals surface area contributed by atoms with Crippen molar-refractivity contribution in [1.82, 2.24) is 15.0 Å². The average molecular weight is 553 g/mol. The molecule has 3 aromatic heterocycles. The fourth-order valence-corrected chi connectivity index (χ4v) is 4.51. The van der Waals surface area contributed by atoms with Crippen molar-refractivity contribution in [3.63, 3.8) is 0 Å². The Bertz CT molecular complexity index is 1920. The van der Waals surface area contributed by atoms with E-state index in [0.29, 0.717) is 55.9 Å². The van der Waals surface area contributed by atoms with Crippen LogP contribution in [0.5, 0.6) is 28.7 Å². The van der Waals surface area contributed by atoms with Gasteiger partial charge in [0.15, 0.2) is 23.1 Å². The Morgan fingerprint density at radius 2 is 1.49 bits per heavy atom. The number of methoxy groups -OCH3 is 2. The van der Waals surface area contributed by atoms with Crippen molar-refractivity contribution >= 4 is 33.3 Å². The molecule has 2 N–H and O–H groups in total. The minimum Gasteiger partial charge on any atom is -0.506 e. The molecular weight excluding hydrogens is 530 g/mol. The summed E-state index contributed by atoms with van der Waals surface area (Å²) in [5.41, 5.74) is 2.42. The number of hydrogen-bond acceptors (Lipinski definition) is 8. The molecule has 0 spiro atoms. The van der Waals surface area contributed by atoms with Gasteiger partial charge in [0.1, 0.15) is 23.1 Å². The van der Waals surface area contributed by atoms with Crippen LogP contribution in [-0.4, -0.2) is 34.3 Å². The van der Waals surface area contributed by atoms with Gasteiger partial charge in [-0.2, -0.15) is 0 Å². The molecule has 6 aromatic rings. The highest BCUT2D eigenvalue weighted by Gasteiger charge is 2.17. The molecule has 0 bridgehead atoms. The van der Waals surface area contributed by atoms with Crippen LogP contribution in [0.1, 0.15) is 0 Å². The maximum atomic E-state index is 15.3. The summed E-state index contributed by atoms with van der Waals surface area (Å²) in [4.78, 5) is 13.1. The zero-order valence-corrected chi connectivity index (χ0v) is 21.9. The second-order valence-electron chi connectivity index (χ2n) is 8.99. The monoisotopic (exact) mass is 552 g/mol. The number of rotatable bonds is 7. The van der Waals surface area contributed by atoms with Gasteiger partial charge in [-0.25, -0.2) is 13.8 Å². The number of nitrogens with one attached hydrogen (secondary N) is 1. The van der Waals surface area contributed by atoms with E-state index < -0.39 is 11.6 Å². The van der Waals surface area contributed by atoms with Crippen LogP contribution in [0.4, 0.5) is 20.3 Å². The van der Waals surface area contributed by atoms with Crippen molar-refractivity contribution in [1.29, 1.82) is 0 Å². The summed E-state index contributed by atoms with van der Waals surface area (Å²) in [6.07, 6.45) is 4.60. The number of benzene rings is 3. The SMILES string of the molecule is COc1cc2nccc(Oc3ccc(Nc4nccc5ncc(-c6ccc(F)cc6)c(O)c45)cc3F)c2cc1OC. The lowest BCUT2D eigenvalue weighted by atomic mass is 10.0. The van der Waals surface area contributed by atoms with Gasteiger partial charge in [0.05, 0.1) is 30.6 Å². The van der Waals surface area contributed by atoms with Gasteiger partial charge >= 0.3 is 0 Å². The van der Waals surface area contributed by atoms with E-state index in [0.717, 1.165) is 0 Å². The van der Waals surface area contributed by atoms with E-state index in [4.69, 9.17) is 14.2 Å². The lowest BCUT2D eigenvalue weighted by molar-refractivity contribution is 0.355. The van der Waals surface area contributed by atoms with Gasteiger partial charge in [0.25, 0.3) is 0 Å². The zero-order chi connectivity index (χ0) is 28.5. The first-order valence-corrected chi connectivity index (χ1v) is 12.4. The molecule has 0 aliphatic heterocycles. The smallest absolute Gasteiger partial charge is 0.167 e. The van der Waals surface area contributed by atoms with Crippen LogP contribution in [0.15, 0.2) is 85.3 Å². The zero-order valence-electron chi connectivity index (χ0n) is 21.9. The lowest BCUT2D eigenvalue weighted by Crippen LogP contribution is -1.98. The van der Waals surface area contributed by atoms with Crippen LogP contribution in [0.25, 0.3) is 32.9 Å². The molecule has 8 nitrogen and oxygen atoms in total. The Labute approximate surface area is 232 Å². The Morgan fingerprint density at radius 1 is 0.732 bits per heavy atom. The standard InChI is InChI=1S/C31H22F2N4O4/c1-39-27-14-20-24(15-28(27)40-2)34-12-10-25(20)41-26-8-7-19(13-22(26)33)37-31-29-23(9-11-35-31)36-16-21(30(29)38)17-3-5-18(32)6-4-17/h3-16H,1-2H3,(H,35,37)(H,36,38). The summed E-state index contributed by atoms with van der Waals surface area (Å²) in [6, 6.07) is 16.8. The fraction of sp³-hybridized carbons (Fsp3) is 0.0645. The van der Waals surface area contributed by atoms with Crippen LogP contribution in [0.3, 0.4) is 0 Å². The van der Waals surface area contributed by atoms with E-state index in [2.05, 4.69) is 20.3 Å². The van der Waals surface area contributed by atoms with E-state index in [1.807, 2.05) is 0 Å². The second-order valence-corrected chi connectivity index (χ2v) is 8.99. The van der Waals surface area contributed by atoms with Crippen molar-refractivity contribution in [2.75, 3.05) is 19.5 Å². The summed E-state index contributed by atoms with van der Waals surface area (Å²) in [5.74, 6) is 0.537. The molecular formula is C31H22F2N4O4. The van der Waals surface area contributed by atoms with Crippen molar-refractivity contribution in [2.24, 2.45) is 0 Å². The highest BCUT2D eigenvalue weighted by molar-refractivity contribution is 6.00. The first-order chi connectivity index (χ1) is 19.9. The summed E-state index contributed by atoms with van der Waals surface area (Å²) in [6.45, 7) is 0. The van der Waals surface area contributed by atoms with Gasteiger partial charge in [-0.05, 0) is 48.0 Å². The fourth-order valence-electron chi connectivity index (χ4n) is 4.51. The molecule has 0 aliphatic carbocycles. The third-order valence-electron chi connectivity index (χ3n) is 6.53. The van der Waals surface area contributed by atoms with Crippen LogP contribution in [-0.2, 0) is 0 Å². The topological polar surface area (TPSA) is 98.6 Å². The Kier molecular flexibility index (Phi) is 6.64. The van der Waals surface area contributed by atoms with Gasteiger partial charge in [0, 0.05) is 47.4 Å². The van der Waals surface area contributed by atoms with Gasteiger partial charge in [-0.1, -0.05) is 12.1 Å². The number of ether oxygens (including phenoxy) is 3. The molecule has 0 fully saturated rings. The van der Waals surface area contributed by atoms with Gasteiger partial charge in [0.2, 0.25) is 0 Å². The number of fused-ring (bicyclic) bond motifs is 2.